The first kappa shape index (κ1) is 27.3. The molecular weight excluding hydrogens is 404 g/mol. The van der Waals surface area contributed by atoms with Crippen molar-refractivity contribution in [3.63, 3.8) is 0 Å². The van der Waals surface area contributed by atoms with Gasteiger partial charge in [-0.05, 0) is 35.6 Å². The molecule has 3 aromatic rings. The molecule has 0 saturated carbocycles. The molecule has 3 rings (SSSR count). The summed E-state index contributed by atoms with van der Waals surface area (Å²) in [5, 5.41) is 2.66. The van der Waals surface area contributed by atoms with E-state index >= 15 is 0 Å². The summed E-state index contributed by atoms with van der Waals surface area (Å²) in [7, 11) is 1.08. The van der Waals surface area contributed by atoms with Crippen LogP contribution in [0.1, 0.15) is 26.3 Å². The average molecular weight is 438 g/mol. The normalized spacial score (nSPS) is 10.6. The van der Waals surface area contributed by atoms with Gasteiger partial charge >= 0.3 is 0 Å². The Kier molecular flexibility index (Phi) is 13.4. The smallest absolute Gasteiger partial charge is 0.126 e. The van der Waals surface area contributed by atoms with E-state index in [9.17, 15) is 0 Å². The maximum atomic E-state index is 5.63. The fraction of sp³-hybridized carbons (Fsp3) is 0.269. The van der Waals surface area contributed by atoms with Crippen LogP contribution in [-0.4, -0.2) is 9.52 Å². The Hall–Kier alpha value is -1.74. The molecule has 0 aromatic heterocycles. The van der Waals surface area contributed by atoms with Crippen molar-refractivity contribution < 1.29 is 26.5 Å². The minimum atomic E-state index is 0. The Morgan fingerprint density at radius 2 is 1.69 bits per heavy atom. The molecule has 0 amide bonds. The zero-order valence-corrected chi connectivity index (χ0v) is 21.2. The largest absolute Gasteiger partial charge is 0.465 e. The van der Waals surface area contributed by atoms with Crippen molar-refractivity contribution in [1.82, 2.24) is 0 Å². The molecule has 0 atom stereocenters. The van der Waals surface area contributed by atoms with Crippen LogP contribution in [-0.2, 0) is 21.7 Å². The molecule has 3 heteroatoms. The summed E-state index contributed by atoms with van der Waals surface area (Å²) in [6, 6.07) is 22.7. The Bertz CT molecular complexity index is 841. The van der Waals surface area contributed by atoms with Gasteiger partial charge in [0.25, 0.3) is 0 Å². The number of allylic oxidation sites excluding steroid dienone is 2. The number of ether oxygens (including phenoxy) is 1. The zero-order valence-electron chi connectivity index (χ0n) is 18.6. The SMILES string of the molecule is C=CC(=COc1cccc(C)c1)C(C)(C)C.C[Si]C.[Ti].c1ccc2[cH-]ccc2c1. The third-order valence-electron chi connectivity index (χ3n) is 3.95. The quantitative estimate of drug-likeness (QED) is 0.176. The van der Waals surface area contributed by atoms with E-state index < -0.39 is 0 Å². The molecule has 0 aliphatic rings. The summed E-state index contributed by atoms with van der Waals surface area (Å²) in [5.41, 5.74) is 2.35. The molecule has 0 aliphatic heterocycles. The zero-order chi connectivity index (χ0) is 21.0. The van der Waals surface area contributed by atoms with Gasteiger partial charge in [-0.15, -0.1) is 29.7 Å². The molecule has 0 saturated heterocycles. The van der Waals surface area contributed by atoms with Gasteiger partial charge in [0.05, 0.1) is 6.26 Å². The van der Waals surface area contributed by atoms with E-state index in [0.29, 0.717) is 0 Å². The number of hydrogen-bond donors (Lipinski definition) is 0. The minimum absolute atomic E-state index is 0. The number of aryl methyl sites for hydroxylation is 1. The molecule has 29 heavy (non-hydrogen) atoms. The monoisotopic (exact) mass is 437 g/mol. The second-order valence-corrected chi connectivity index (χ2v) is 8.62. The molecule has 152 valence electrons. The Morgan fingerprint density at radius 3 is 2.24 bits per heavy atom. The van der Waals surface area contributed by atoms with Crippen molar-refractivity contribution in [3.05, 3.63) is 96.8 Å². The van der Waals surface area contributed by atoms with Gasteiger partial charge in [0, 0.05) is 31.2 Å². The number of rotatable bonds is 3. The van der Waals surface area contributed by atoms with E-state index in [-0.39, 0.29) is 27.1 Å². The molecule has 3 aromatic carbocycles. The summed E-state index contributed by atoms with van der Waals surface area (Å²) >= 11 is 0. The van der Waals surface area contributed by atoms with Crippen LogP contribution in [0.25, 0.3) is 10.8 Å². The Morgan fingerprint density at radius 1 is 1.03 bits per heavy atom. The molecule has 0 bridgehead atoms. The predicted molar refractivity (Wildman–Crippen MR) is 127 cm³/mol. The van der Waals surface area contributed by atoms with Gasteiger partial charge in [0.1, 0.15) is 5.75 Å². The molecule has 0 fully saturated rings. The van der Waals surface area contributed by atoms with E-state index in [1.807, 2.05) is 24.3 Å². The van der Waals surface area contributed by atoms with Gasteiger partial charge in [-0.1, -0.05) is 64.7 Å². The van der Waals surface area contributed by atoms with Gasteiger partial charge in [0.15, 0.2) is 0 Å². The van der Waals surface area contributed by atoms with E-state index in [2.05, 4.69) is 95.9 Å². The summed E-state index contributed by atoms with van der Waals surface area (Å²) in [4.78, 5) is 0. The molecule has 0 spiro atoms. The van der Waals surface area contributed by atoms with Gasteiger partial charge in [-0.2, -0.15) is 17.5 Å². The van der Waals surface area contributed by atoms with Crippen LogP contribution in [0, 0.1) is 12.3 Å². The number of hydrogen-bond acceptors (Lipinski definition) is 1. The van der Waals surface area contributed by atoms with Crippen LogP contribution in [0.3, 0.4) is 0 Å². The molecule has 2 radical (unpaired) electrons. The van der Waals surface area contributed by atoms with Crippen LogP contribution >= 0.6 is 0 Å². The summed E-state index contributed by atoms with van der Waals surface area (Å²) in [6.07, 6.45) is 3.62. The van der Waals surface area contributed by atoms with Gasteiger partial charge < -0.3 is 4.74 Å². The second-order valence-electron chi connectivity index (χ2n) is 7.62. The summed E-state index contributed by atoms with van der Waals surface area (Å²) in [5.74, 6) is 0.864. The summed E-state index contributed by atoms with van der Waals surface area (Å²) < 4.78 is 5.63. The van der Waals surface area contributed by atoms with Gasteiger partial charge in [-0.25, -0.2) is 0 Å². The maximum Gasteiger partial charge on any atom is 0.126 e. The van der Waals surface area contributed by atoms with E-state index in [0.717, 1.165) is 20.8 Å². The molecular formula is C26H33OSiTi-. The molecule has 0 N–H and O–H groups in total. The first-order valence-electron chi connectivity index (χ1n) is 9.57. The Labute approximate surface area is 195 Å². The van der Waals surface area contributed by atoms with Crippen LogP contribution < -0.4 is 4.74 Å². The van der Waals surface area contributed by atoms with Crippen LogP contribution in [0.4, 0.5) is 0 Å². The van der Waals surface area contributed by atoms with Crippen molar-refractivity contribution in [2.45, 2.75) is 40.8 Å². The van der Waals surface area contributed by atoms with Crippen molar-refractivity contribution in [2.24, 2.45) is 5.41 Å². The first-order chi connectivity index (χ1) is 13.3. The Balaban J connectivity index is 0.000000506. The van der Waals surface area contributed by atoms with Gasteiger partial charge in [0.2, 0.25) is 0 Å². The third-order valence-corrected chi connectivity index (χ3v) is 3.95. The summed E-state index contributed by atoms with van der Waals surface area (Å²) in [6.45, 7) is 16.6. The second kappa shape index (κ2) is 14.3. The first-order valence-corrected chi connectivity index (χ1v) is 11.6. The number of fused-ring (bicyclic) bond motifs is 1. The number of benzene rings is 2. The van der Waals surface area contributed by atoms with Crippen molar-refractivity contribution in [1.29, 1.82) is 0 Å². The third kappa shape index (κ3) is 10.6. The van der Waals surface area contributed by atoms with Crippen molar-refractivity contribution in [3.8, 4) is 5.75 Å². The van der Waals surface area contributed by atoms with E-state index in [4.69, 9.17) is 4.74 Å². The van der Waals surface area contributed by atoms with Crippen molar-refractivity contribution in [2.75, 3.05) is 0 Å². The maximum absolute atomic E-state index is 5.63. The average Bonchev–Trinajstić information content (AvgIpc) is 3.11. The molecule has 0 aliphatic carbocycles. The van der Waals surface area contributed by atoms with Crippen molar-refractivity contribution >= 4 is 20.3 Å². The molecule has 0 unspecified atom stereocenters. The predicted octanol–water partition coefficient (Wildman–Crippen LogP) is 7.83. The topological polar surface area (TPSA) is 9.23 Å². The van der Waals surface area contributed by atoms with Crippen LogP contribution in [0.5, 0.6) is 5.75 Å². The molecule has 1 nitrogen and oxygen atoms in total. The van der Waals surface area contributed by atoms with Crippen LogP contribution in [0.15, 0.2) is 91.2 Å². The molecule has 0 heterocycles. The standard InChI is InChI=1S/C15H20O.C9H7.C2H6Si.Ti/c1-6-13(15(3,4)5)11-16-14-9-7-8-12(2)10-14;1-2-5-9-7-3-6-8(9)4-1;1-3-2;/h6-11H,1H2,2-5H3;1-7H;1-2H3;/q;-1;;. The van der Waals surface area contributed by atoms with Gasteiger partial charge in [-0.3, -0.25) is 0 Å². The fourth-order valence-electron chi connectivity index (χ4n) is 2.42. The van der Waals surface area contributed by atoms with E-state index in [1.54, 1.807) is 6.26 Å². The fourth-order valence-corrected chi connectivity index (χ4v) is 2.42. The van der Waals surface area contributed by atoms with E-state index in [1.165, 1.54) is 16.3 Å². The van der Waals surface area contributed by atoms with Crippen LogP contribution in [0.2, 0.25) is 13.1 Å². The minimum Gasteiger partial charge on any atom is -0.465 e.